The largest absolute Gasteiger partial charge is 0.297 e. The summed E-state index contributed by atoms with van der Waals surface area (Å²) in [6, 6.07) is 17.1. The van der Waals surface area contributed by atoms with Crippen molar-refractivity contribution in [2.75, 3.05) is 0 Å². The first-order chi connectivity index (χ1) is 12.7. The third-order valence-corrected chi connectivity index (χ3v) is 7.15. The average molecular weight is 387 g/mol. The summed E-state index contributed by atoms with van der Waals surface area (Å²) in [4.78, 5) is 0.234. The van der Waals surface area contributed by atoms with Gasteiger partial charge in [0.25, 0.3) is 10.1 Å². The first kappa shape index (κ1) is 20.1. The topological polar surface area (TPSA) is 43.4 Å². The van der Waals surface area contributed by atoms with Crippen LogP contribution < -0.4 is 0 Å². The van der Waals surface area contributed by atoms with Crippen LogP contribution >= 0.6 is 0 Å². The average Bonchev–Trinajstić information content (AvgIpc) is 2.62. The van der Waals surface area contributed by atoms with Gasteiger partial charge in [0.2, 0.25) is 0 Å². The van der Waals surface area contributed by atoms with Crippen LogP contribution in [0, 0.1) is 18.3 Å². The van der Waals surface area contributed by atoms with Gasteiger partial charge in [0, 0.05) is 5.92 Å². The van der Waals surface area contributed by atoms with Crippen LogP contribution in [0.4, 0.5) is 0 Å². The molecule has 1 fully saturated rings. The van der Waals surface area contributed by atoms with Crippen molar-refractivity contribution in [1.29, 1.82) is 0 Å². The maximum Gasteiger partial charge on any atom is 0.297 e. The number of hydrogen-bond donors (Lipinski definition) is 0. The highest BCUT2D eigenvalue weighted by molar-refractivity contribution is 7.86. The van der Waals surface area contributed by atoms with E-state index in [9.17, 15) is 8.42 Å². The Labute approximate surface area is 163 Å². The molecule has 0 amide bonds. The second-order valence-electron chi connectivity index (χ2n) is 8.80. The van der Waals surface area contributed by atoms with Crippen molar-refractivity contribution in [2.24, 2.45) is 11.3 Å². The first-order valence-corrected chi connectivity index (χ1v) is 11.1. The van der Waals surface area contributed by atoms with Crippen LogP contribution in [-0.4, -0.2) is 14.5 Å². The Morgan fingerprint density at radius 1 is 0.926 bits per heavy atom. The molecule has 0 spiro atoms. The maximum atomic E-state index is 12.9. The molecule has 0 N–H and O–H groups in total. The van der Waals surface area contributed by atoms with E-state index in [1.54, 1.807) is 12.1 Å². The summed E-state index contributed by atoms with van der Waals surface area (Å²) in [6.07, 6.45) is 2.46. The Kier molecular flexibility index (Phi) is 5.78. The third-order valence-electron chi connectivity index (χ3n) is 5.80. The van der Waals surface area contributed by atoms with Crippen LogP contribution in [0.2, 0.25) is 0 Å². The zero-order chi connectivity index (χ0) is 19.7. The quantitative estimate of drug-likeness (QED) is 0.633. The SMILES string of the molecule is Cc1ccc(S(=O)(=O)O[C@H]2CC(C(C)(C)C)CC[C@@H]2c2ccccc2)cc1. The smallest absolute Gasteiger partial charge is 0.262 e. The molecule has 1 aliphatic carbocycles. The molecule has 1 aliphatic rings. The van der Waals surface area contributed by atoms with Crippen molar-refractivity contribution in [3.05, 3.63) is 65.7 Å². The van der Waals surface area contributed by atoms with Gasteiger partial charge in [-0.25, -0.2) is 0 Å². The standard InChI is InChI=1S/C23H30O3S/c1-17-10-13-20(14-11-17)27(24,25)26-22-16-19(23(2,3)4)12-15-21(22)18-8-6-5-7-9-18/h5-11,13-14,19,21-22H,12,15-16H2,1-4H3/t19?,21-,22+/m1/s1. The van der Waals surface area contributed by atoms with Gasteiger partial charge >= 0.3 is 0 Å². The molecule has 3 nitrogen and oxygen atoms in total. The van der Waals surface area contributed by atoms with Crippen molar-refractivity contribution < 1.29 is 12.6 Å². The van der Waals surface area contributed by atoms with E-state index in [0.717, 1.165) is 30.4 Å². The zero-order valence-electron chi connectivity index (χ0n) is 16.7. The summed E-state index contributed by atoms with van der Waals surface area (Å²) >= 11 is 0. The van der Waals surface area contributed by atoms with E-state index in [-0.39, 0.29) is 22.3 Å². The summed E-state index contributed by atoms with van der Waals surface area (Å²) in [5, 5.41) is 0. The molecule has 2 aromatic rings. The van der Waals surface area contributed by atoms with E-state index < -0.39 is 10.1 Å². The Hall–Kier alpha value is -1.65. The molecule has 0 saturated heterocycles. The number of aryl methyl sites for hydroxylation is 1. The van der Waals surface area contributed by atoms with Crippen LogP contribution in [0.3, 0.4) is 0 Å². The third kappa shape index (κ3) is 4.80. The van der Waals surface area contributed by atoms with Gasteiger partial charge in [-0.2, -0.15) is 8.42 Å². The predicted octanol–water partition coefficient (Wildman–Crippen LogP) is 5.70. The van der Waals surface area contributed by atoms with Gasteiger partial charge in [0.05, 0.1) is 11.0 Å². The minimum absolute atomic E-state index is 0.102. The lowest BCUT2D eigenvalue weighted by atomic mass is 9.67. The number of hydrogen-bond acceptors (Lipinski definition) is 3. The highest BCUT2D eigenvalue weighted by Crippen LogP contribution is 2.45. The van der Waals surface area contributed by atoms with E-state index in [0.29, 0.717) is 5.92 Å². The highest BCUT2D eigenvalue weighted by Gasteiger charge is 2.39. The maximum absolute atomic E-state index is 12.9. The molecular formula is C23H30O3S. The van der Waals surface area contributed by atoms with Crippen molar-refractivity contribution in [3.63, 3.8) is 0 Å². The zero-order valence-corrected chi connectivity index (χ0v) is 17.5. The number of rotatable bonds is 4. The molecular weight excluding hydrogens is 356 g/mol. The molecule has 146 valence electrons. The van der Waals surface area contributed by atoms with Gasteiger partial charge in [0.15, 0.2) is 0 Å². The second kappa shape index (κ2) is 7.76. The van der Waals surface area contributed by atoms with Crippen molar-refractivity contribution in [2.45, 2.75) is 63.9 Å². The molecule has 0 bridgehead atoms. The van der Waals surface area contributed by atoms with Gasteiger partial charge in [0.1, 0.15) is 0 Å². The Balaban J connectivity index is 1.89. The Morgan fingerprint density at radius 2 is 1.56 bits per heavy atom. The van der Waals surface area contributed by atoms with Gasteiger partial charge in [-0.1, -0.05) is 68.8 Å². The molecule has 3 atom stereocenters. The summed E-state index contributed by atoms with van der Waals surface area (Å²) < 4.78 is 31.7. The first-order valence-electron chi connectivity index (χ1n) is 9.72. The van der Waals surface area contributed by atoms with Crippen LogP contribution in [0.15, 0.2) is 59.5 Å². The predicted molar refractivity (Wildman–Crippen MR) is 109 cm³/mol. The summed E-state index contributed by atoms with van der Waals surface area (Å²) in [6.45, 7) is 8.63. The van der Waals surface area contributed by atoms with E-state index in [1.165, 1.54) is 0 Å². The summed E-state index contributed by atoms with van der Waals surface area (Å²) in [5.74, 6) is 0.542. The Morgan fingerprint density at radius 3 is 2.15 bits per heavy atom. The summed E-state index contributed by atoms with van der Waals surface area (Å²) in [5.41, 5.74) is 2.33. The lowest BCUT2D eigenvalue weighted by Crippen LogP contribution is -2.36. The van der Waals surface area contributed by atoms with E-state index in [2.05, 4.69) is 32.9 Å². The van der Waals surface area contributed by atoms with Gasteiger partial charge < -0.3 is 0 Å². The summed E-state index contributed by atoms with van der Waals surface area (Å²) in [7, 11) is -3.79. The highest BCUT2D eigenvalue weighted by atomic mass is 32.2. The van der Waals surface area contributed by atoms with E-state index >= 15 is 0 Å². The fourth-order valence-electron chi connectivity index (χ4n) is 4.03. The van der Waals surface area contributed by atoms with E-state index in [1.807, 2.05) is 37.3 Å². The normalized spacial score (nSPS) is 23.9. The molecule has 0 radical (unpaired) electrons. The molecule has 1 unspecified atom stereocenters. The van der Waals surface area contributed by atoms with Crippen LogP contribution in [0.25, 0.3) is 0 Å². The molecule has 27 heavy (non-hydrogen) atoms. The molecule has 0 aliphatic heterocycles. The van der Waals surface area contributed by atoms with Crippen LogP contribution in [0.5, 0.6) is 0 Å². The Bertz CT molecular complexity index is 849. The monoisotopic (exact) mass is 386 g/mol. The minimum Gasteiger partial charge on any atom is -0.262 e. The lowest BCUT2D eigenvalue weighted by Gasteiger charge is -2.41. The molecule has 3 rings (SSSR count). The van der Waals surface area contributed by atoms with Crippen molar-refractivity contribution in [1.82, 2.24) is 0 Å². The fourth-order valence-corrected chi connectivity index (χ4v) is 5.15. The lowest BCUT2D eigenvalue weighted by molar-refractivity contribution is 0.0612. The minimum atomic E-state index is -3.79. The van der Waals surface area contributed by atoms with Crippen LogP contribution in [-0.2, 0) is 14.3 Å². The van der Waals surface area contributed by atoms with Gasteiger partial charge in [-0.05, 0) is 55.2 Å². The van der Waals surface area contributed by atoms with Crippen LogP contribution in [0.1, 0.15) is 57.1 Å². The molecule has 1 saturated carbocycles. The van der Waals surface area contributed by atoms with Gasteiger partial charge in [-0.3, -0.25) is 4.18 Å². The molecule has 0 heterocycles. The van der Waals surface area contributed by atoms with E-state index in [4.69, 9.17) is 4.18 Å². The molecule has 0 aromatic heterocycles. The van der Waals surface area contributed by atoms with Gasteiger partial charge in [-0.15, -0.1) is 0 Å². The number of benzene rings is 2. The van der Waals surface area contributed by atoms with Crippen molar-refractivity contribution >= 4 is 10.1 Å². The molecule has 4 heteroatoms. The molecule has 2 aromatic carbocycles. The van der Waals surface area contributed by atoms with Crippen molar-refractivity contribution in [3.8, 4) is 0 Å². The second-order valence-corrected chi connectivity index (χ2v) is 10.4. The fraction of sp³-hybridized carbons (Fsp3) is 0.478.